The summed E-state index contributed by atoms with van der Waals surface area (Å²) >= 11 is 9.42. The number of likely N-dealkylation sites (tertiary alicyclic amines) is 1. The van der Waals surface area contributed by atoms with Crippen molar-refractivity contribution in [1.82, 2.24) is 49.6 Å². The van der Waals surface area contributed by atoms with E-state index in [1.165, 1.54) is 16.0 Å². The molecule has 3 aliphatic rings. The van der Waals surface area contributed by atoms with E-state index >= 15 is 0 Å². The first-order valence-corrected chi connectivity index (χ1v) is 26.2. The number of thiazole rings is 1. The maximum Gasteiger partial charge on any atom is 0.248 e. The number of thiophene rings is 1. The molecule has 71 heavy (non-hydrogen) atoms. The Hall–Kier alpha value is -6.56. The van der Waals surface area contributed by atoms with Crippen LogP contribution in [0.3, 0.4) is 0 Å². The summed E-state index contributed by atoms with van der Waals surface area (Å²) in [6.07, 6.45) is 6.89. The van der Waals surface area contributed by atoms with E-state index in [4.69, 9.17) is 16.6 Å². The molecule has 3 amide bonds. The summed E-state index contributed by atoms with van der Waals surface area (Å²) in [4.78, 5) is 61.5. The van der Waals surface area contributed by atoms with Crippen LogP contribution in [0.25, 0.3) is 26.6 Å². The van der Waals surface area contributed by atoms with Crippen molar-refractivity contribution >= 4 is 63.5 Å². The molecule has 8 heterocycles. The molecule has 0 spiro atoms. The lowest BCUT2D eigenvalue weighted by atomic mass is 10.00. The van der Waals surface area contributed by atoms with Crippen molar-refractivity contribution in [3.8, 4) is 26.6 Å². The first-order valence-electron chi connectivity index (χ1n) is 24.1. The van der Waals surface area contributed by atoms with Gasteiger partial charge in [0.25, 0.3) is 0 Å². The van der Waals surface area contributed by atoms with Crippen LogP contribution in [-0.4, -0.2) is 107 Å². The third-order valence-corrected chi connectivity index (χ3v) is 16.1. The van der Waals surface area contributed by atoms with Crippen molar-refractivity contribution in [3.63, 3.8) is 0 Å². The highest BCUT2D eigenvalue weighted by atomic mass is 35.5. The molecule has 368 valence electrons. The number of aliphatic imine (C=N–C) groups is 1. The van der Waals surface area contributed by atoms with Crippen molar-refractivity contribution in [3.05, 3.63) is 134 Å². The highest BCUT2D eigenvalue weighted by Crippen LogP contribution is 2.37. The molecule has 3 unspecified atom stereocenters. The molecular weight excluding hydrogens is 952 g/mol. The Labute approximate surface area is 427 Å². The maximum absolute atomic E-state index is 14.2. The Bertz CT molecular complexity index is 3090. The van der Waals surface area contributed by atoms with E-state index in [0.29, 0.717) is 32.6 Å². The van der Waals surface area contributed by atoms with Crippen molar-refractivity contribution in [1.29, 1.82) is 0 Å². The van der Waals surface area contributed by atoms with Crippen molar-refractivity contribution in [2.45, 2.75) is 92.9 Å². The Morgan fingerprint density at radius 1 is 0.845 bits per heavy atom. The number of aromatic nitrogens is 7. The van der Waals surface area contributed by atoms with Gasteiger partial charge in [-0.05, 0) is 99.9 Å². The van der Waals surface area contributed by atoms with Gasteiger partial charge in [0.2, 0.25) is 17.7 Å². The number of anilines is 1. The predicted molar refractivity (Wildman–Crippen MR) is 282 cm³/mol. The highest BCUT2D eigenvalue weighted by Gasteiger charge is 2.39. The number of amides is 3. The van der Waals surface area contributed by atoms with E-state index in [1.807, 2.05) is 99.8 Å². The van der Waals surface area contributed by atoms with E-state index in [2.05, 4.69) is 66.0 Å². The molecule has 2 fully saturated rings. The summed E-state index contributed by atoms with van der Waals surface area (Å²) < 4.78 is 3.88. The van der Waals surface area contributed by atoms with Crippen LogP contribution in [0, 0.1) is 33.6 Å². The Kier molecular flexibility index (Phi) is 14.6. The fraction of sp³-hybridized carbons (Fsp3) is 0.377. The Balaban J connectivity index is 0.000000225. The number of carbonyl (C=O) groups excluding carboxylic acids is 3. The second-order valence-corrected chi connectivity index (χ2v) is 21.2. The average molecular weight is 1010 g/mol. The van der Waals surface area contributed by atoms with Crippen LogP contribution in [0.1, 0.15) is 97.1 Å². The number of pyridine rings is 1. The van der Waals surface area contributed by atoms with Gasteiger partial charge in [-0.15, -0.1) is 32.9 Å². The largest absolute Gasteiger partial charge is 0.353 e. The number of hydrogen-bond donors (Lipinski definition) is 1. The number of aryl methyl sites for hydroxylation is 3. The molecule has 15 nitrogen and oxygen atoms in total. The van der Waals surface area contributed by atoms with Crippen molar-refractivity contribution in [2.24, 2.45) is 10.9 Å². The van der Waals surface area contributed by atoms with E-state index < -0.39 is 12.1 Å². The topological polar surface area (TPSA) is 160 Å². The number of halogens is 1. The maximum atomic E-state index is 14.2. The Morgan fingerprint density at radius 3 is 2.27 bits per heavy atom. The number of nitrogens with zero attached hydrogens (tertiary/aromatic N) is 11. The van der Waals surface area contributed by atoms with Crippen molar-refractivity contribution < 1.29 is 14.4 Å². The summed E-state index contributed by atoms with van der Waals surface area (Å²) in [7, 11) is 0. The standard InChI is InChI=1S/C36H44N8O3S.C17H15ClN4S/c1-23(2)33(44-21-30(20-39-44)29-12-13-37-32(19-29)42-17-15-41(16-18-42)26(5)45)36(47)43-14-6-7-31(43)35(46)40-24(3)27-8-10-28(11-9-27)34-25(4)38-22-48-34;1-9-10(2)23-17-15(9)16(12-4-6-13(18)7-5-12)19-8-14-21-20-11(3)22(14)17/h8-13,19-24,31,33H,6-7,14-18H2,1-5H3,(H,40,46);4-7H,8H2,1-3H3. The second kappa shape index (κ2) is 21.0. The zero-order valence-electron chi connectivity index (χ0n) is 41.4. The summed E-state index contributed by atoms with van der Waals surface area (Å²) in [6, 6.07) is 18.8. The minimum absolute atomic E-state index is 0.0419. The van der Waals surface area contributed by atoms with E-state index in [0.717, 1.165) is 91.1 Å². The zero-order valence-corrected chi connectivity index (χ0v) is 43.8. The summed E-state index contributed by atoms with van der Waals surface area (Å²) in [5, 5.41) is 18.2. The molecule has 1 N–H and O–H groups in total. The van der Waals surface area contributed by atoms with Gasteiger partial charge in [-0.3, -0.25) is 28.6 Å². The first-order chi connectivity index (χ1) is 34.2. The van der Waals surface area contributed by atoms with Gasteiger partial charge in [-0.1, -0.05) is 61.8 Å². The first kappa shape index (κ1) is 49.4. The molecule has 0 radical (unpaired) electrons. The van der Waals surface area contributed by atoms with Crippen LogP contribution in [0.15, 0.2) is 89.8 Å². The normalized spacial score (nSPS) is 16.4. The summed E-state index contributed by atoms with van der Waals surface area (Å²) in [5.41, 5.74) is 11.3. The second-order valence-electron chi connectivity index (χ2n) is 18.7. The van der Waals surface area contributed by atoms with Gasteiger partial charge in [0, 0.05) is 78.6 Å². The monoisotopic (exact) mass is 1010 g/mol. The van der Waals surface area contributed by atoms with Crippen LogP contribution in [0.5, 0.6) is 0 Å². The minimum atomic E-state index is -0.548. The lowest BCUT2D eigenvalue weighted by Crippen LogP contribution is -2.49. The smallest absolute Gasteiger partial charge is 0.248 e. The molecule has 10 rings (SSSR count). The number of fused-ring (bicyclic) bond motifs is 3. The van der Waals surface area contributed by atoms with Crippen LogP contribution in [-0.2, 0) is 20.9 Å². The van der Waals surface area contributed by atoms with Crippen LogP contribution in [0.2, 0.25) is 5.02 Å². The van der Waals surface area contributed by atoms with Gasteiger partial charge in [0.05, 0.1) is 34.0 Å². The SMILES string of the molecule is CC(=O)N1CCN(c2cc(-c3cnn(C(C(=O)N4CCCC4C(=O)NC(C)c4ccc(-c5scnc5C)cc4)C(C)C)c3)ccn2)CC1.Cc1sc2c(c1C)C(c1ccc(Cl)cc1)=NCc1nnc(C)n1-2. The molecule has 5 aromatic heterocycles. The number of benzene rings is 2. The van der Waals surface area contributed by atoms with Crippen LogP contribution in [0.4, 0.5) is 5.82 Å². The predicted octanol–water partition coefficient (Wildman–Crippen LogP) is 9.37. The van der Waals surface area contributed by atoms with Gasteiger partial charge in [-0.25, -0.2) is 9.97 Å². The molecule has 0 bridgehead atoms. The van der Waals surface area contributed by atoms with E-state index in [-0.39, 0.29) is 29.7 Å². The lowest BCUT2D eigenvalue weighted by molar-refractivity contribution is -0.142. The number of rotatable bonds is 10. The number of nitrogens with one attached hydrogen (secondary N) is 1. The number of hydrogen-bond acceptors (Lipinski definition) is 12. The molecule has 3 atom stereocenters. The van der Waals surface area contributed by atoms with Crippen LogP contribution >= 0.6 is 34.3 Å². The third-order valence-electron chi connectivity index (χ3n) is 13.7. The van der Waals surface area contributed by atoms with Crippen LogP contribution < -0.4 is 10.2 Å². The summed E-state index contributed by atoms with van der Waals surface area (Å²) in [6.45, 7) is 19.8. The van der Waals surface area contributed by atoms with E-state index in [1.54, 1.807) is 51.6 Å². The van der Waals surface area contributed by atoms with Gasteiger partial charge >= 0.3 is 0 Å². The van der Waals surface area contributed by atoms with Gasteiger partial charge in [-0.2, -0.15) is 5.10 Å². The molecule has 18 heteroatoms. The lowest BCUT2D eigenvalue weighted by Gasteiger charge is -2.35. The number of piperazine rings is 1. The van der Waals surface area contributed by atoms with Crippen molar-refractivity contribution in [2.75, 3.05) is 37.6 Å². The molecule has 3 aliphatic heterocycles. The molecular formula is C53H59ClN12O3S2. The highest BCUT2D eigenvalue weighted by molar-refractivity contribution is 7.15. The minimum Gasteiger partial charge on any atom is -0.353 e. The van der Waals surface area contributed by atoms with E-state index in [9.17, 15) is 14.4 Å². The van der Waals surface area contributed by atoms with Gasteiger partial charge in [0.1, 0.15) is 35.3 Å². The molecule has 7 aromatic rings. The fourth-order valence-electron chi connectivity index (χ4n) is 9.62. The van der Waals surface area contributed by atoms with Gasteiger partial charge < -0.3 is 20.0 Å². The fourth-order valence-corrected chi connectivity index (χ4v) is 11.8. The van der Waals surface area contributed by atoms with Gasteiger partial charge in [0.15, 0.2) is 5.82 Å². The Morgan fingerprint density at radius 2 is 1.58 bits per heavy atom. The summed E-state index contributed by atoms with van der Waals surface area (Å²) in [5.74, 6) is 2.47. The molecule has 0 saturated carbocycles. The molecule has 2 aromatic carbocycles. The zero-order chi connectivity index (χ0) is 50.1. The average Bonchev–Trinajstić information content (AvgIpc) is 4.23. The molecule has 0 aliphatic carbocycles. The third kappa shape index (κ3) is 10.3. The number of carbonyl (C=O) groups is 3. The molecule has 2 saturated heterocycles. The quantitative estimate of drug-likeness (QED) is 0.141.